The van der Waals surface area contributed by atoms with Crippen molar-refractivity contribution in [2.75, 3.05) is 6.26 Å². The van der Waals surface area contributed by atoms with E-state index in [1.54, 1.807) is 23.1 Å². The Balaban J connectivity index is 2.79. The third kappa shape index (κ3) is 1.86. The van der Waals surface area contributed by atoms with Gasteiger partial charge in [-0.05, 0) is 41.0 Å². The molecule has 2 rings (SSSR count). The van der Waals surface area contributed by atoms with Gasteiger partial charge in [-0.15, -0.1) is 35.7 Å². The first-order chi connectivity index (χ1) is 6.22. The zero-order valence-electron chi connectivity index (χ0n) is 6.87. The molecule has 0 N–H and O–H groups in total. The van der Waals surface area contributed by atoms with E-state index in [9.17, 15) is 0 Å². The third-order valence-electron chi connectivity index (χ3n) is 1.79. The lowest BCUT2D eigenvalue weighted by molar-refractivity contribution is 1.46. The number of hydrogen-bond donors (Lipinski definition) is 1. The lowest BCUT2D eigenvalue weighted by Crippen LogP contribution is -1.70. The topological polar surface area (TPSA) is 0 Å². The van der Waals surface area contributed by atoms with Gasteiger partial charge >= 0.3 is 0 Å². The van der Waals surface area contributed by atoms with Crippen LogP contribution in [-0.4, -0.2) is 6.26 Å². The van der Waals surface area contributed by atoms with Crippen LogP contribution in [0.3, 0.4) is 0 Å². The Morgan fingerprint density at radius 3 is 2.92 bits per heavy atom. The van der Waals surface area contributed by atoms with E-state index in [-0.39, 0.29) is 0 Å². The molecular formula is C9H7IS3. The van der Waals surface area contributed by atoms with Crippen LogP contribution in [0.5, 0.6) is 0 Å². The fourth-order valence-electron chi connectivity index (χ4n) is 1.23. The van der Waals surface area contributed by atoms with Gasteiger partial charge in [0.1, 0.15) is 0 Å². The maximum atomic E-state index is 4.47. The maximum absolute atomic E-state index is 4.47. The summed E-state index contributed by atoms with van der Waals surface area (Å²) in [5.74, 6) is 0. The number of benzene rings is 1. The van der Waals surface area contributed by atoms with Crippen molar-refractivity contribution in [3.05, 3.63) is 21.8 Å². The molecule has 0 aliphatic carbocycles. The van der Waals surface area contributed by atoms with Gasteiger partial charge in [0.2, 0.25) is 0 Å². The number of thiophene rings is 1. The molecule has 1 heterocycles. The molecule has 0 aliphatic rings. The number of halogens is 1. The summed E-state index contributed by atoms with van der Waals surface area (Å²) in [5, 5.41) is 1.34. The van der Waals surface area contributed by atoms with Crippen molar-refractivity contribution in [2.45, 2.75) is 9.10 Å². The lowest BCUT2D eigenvalue weighted by atomic mass is 10.3. The molecule has 0 saturated heterocycles. The third-order valence-corrected chi connectivity index (χ3v) is 5.03. The summed E-state index contributed by atoms with van der Waals surface area (Å²) < 4.78 is 3.75. The van der Waals surface area contributed by atoms with Crippen LogP contribution >= 0.6 is 58.3 Å². The predicted octanol–water partition coefficient (Wildman–Crippen LogP) is 4.52. The SMILES string of the molecule is CSc1c(S)sc2cc(I)ccc12. The van der Waals surface area contributed by atoms with Crippen molar-refractivity contribution in [2.24, 2.45) is 0 Å². The molecule has 0 saturated carbocycles. The Kier molecular flexibility index (Phi) is 3.12. The first kappa shape index (κ1) is 10.1. The van der Waals surface area contributed by atoms with Crippen LogP contribution in [0.25, 0.3) is 10.1 Å². The van der Waals surface area contributed by atoms with Gasteiger partial charge in [0.15, 0.2) is 0 Å². The van der Waals surface area contributed by atoms with Gasteiger partial charge in [0.25, 0.3) is 0 Å². The summed E-state index contributed by atoms with van der Waals surface area (Å²) in [7, 11) is 0. The average molecular weight is 338 g/mol. The summed E-state index contributed by atoms with van der Waals surface area (Å²) in [6, 6.07) is 6.53. The van der Waals surface area contributed by atoms with E-state index in [1.165, 1.54) is 18.6 Å². The summed E-state index contributed by atoms with van der Waals surface area (Å²) in [4.78, 5) is 1.31. The number of hydrogen-bond acceptors (Lipinski definition) is 3. The standard InChI is InChI=1S/C9H7IS3/c1-12-8-6-3-2-5(10)4-7(6)13-9(8)11/h2-4,11H,1H3. The van der Waals surface area contributed by atoms with Crippen LogP contribution in [0.2, 0.25) is 0 Å². The molecule has 4 heteroatoms. The minimum Gasteiger partial charge on any atom is -0.132 e. The van der Waals surface area contributed by atoms with Crippen molar-refractivity contribution >= 4 is 68.4 Å². The van der Waals surface area contributed by atoms with Crippen molar-refractivity contribution in [3.8, 4) is 0 Å². The Hall–Kier alpha value is 0.610. The second-order valence-corrected chi connectivity index (χ2v) is 6.45. The van der Waals surface area contributed by atoms with Gasteiger partial charge in [-0.3, -0.25) is 0 Å². The van der Waals surface area contributed by atoms with Crippen molar-refractivity contribution in [3.63, 3.8) is 0 Å². The molecule has 0 atom stereocenters. The van der Waals surface area contributed by atoms with Crippen LogP contribution in [0.4, 0.5) is 0 Å². The molecule has 68 valence electrons. The highest BCUT2D eigenvalue weighted by atomic mass is 127. The maximum Gasteiger partial charge on any atom is 0.0716 e. The van der Waals surface area contributed by atoms with Gasteiger partial charge < -0.3 is 0 Å². The predicted molar refractivity (Wildman–Crippen MR) is 73.6 cm³/mol. The molecule has 2 aromatic rings. The minimum absolute atomic E-state index is 1.13. The van der Waals surface area contributed by atoms with E-state index in [4.69, 9.17) is 0 Å². The van der Waals surface area contributed by atoms with Gasteiger partial charge in [-0.1, -0.05) is 6.07 Å². The van der Waals surface area contributed by atoms with Crippen molar-refractivity contribution < 1.29 is 0 Å². The minimum atomic E-state index is 1.13. The summed E-state index contributed by atoms with van der Waals surface area (Å²) in [5.41, 5.74) is 0. The van der Waals surface area contributed by atoms with E-state index in [0.29, 0.717) is 0 Å². The molecule has 0 spiro atoms. The molecule has 0 radical (unpaired) electrons. The second-order valence-electron chi connectivity index (χ2n) is 2.58. The Morgan fingerprint density at radius 2 is 2.23 bits per heavy atom. The first-order valence-electron chi connectivity index (χ1n) is 3.67. The summed E-state index contributed by atoms with van der Waals surface area (Å²) >= 11 is 10.3. The summed E-state index contributed by atoms with van der Waals surface area (Å²) in [6.45, 7) is 0. The fraction of sp³-hybridized carbons (Fsp3) is 0.111. The second kappa shape index (κ2) is 4.00. The molecule has 0 amide bonds. The number of fused-ring (bicyclic) bond motifs is 1. The van der Waals surface area contributed by atoms with Crippen molar-refractivity contribution in [1.82, 2.24) is 0 Å². The highest BCUT2D eigenvalue weighted by Gasteiger charge is 2.08. The van der Waals surface area contributed by atoms with Crippen LogP contribution in [0.1, 0.15) is 0 Å². The van der Waals surface area contributed by atoms with Crippen LogP contribution < -0.4 is 0 Å². The molecule has 1 aromatic carbocycles. The zero-order chi connectivity index (χ0) is 9.42. The van der Waals surface area contributed by atoms with Gasteiger partial charge in [0, 0.05) is 18.6 Å². The monoisotopic (exact) mass is 338 g/mol. The van der Waals surface area contributed by atoms with E-state index in [0.717, 1.165) is 4.21 Å². The molecule has 0 unspecified atom stereocenters. The van der Waals surface area contributed by atoms with Gasteiger partial charge in [0.05, 0.1) is 4.21 Å². The normalized spacial score (nSPS) is 11.0. The number of rotatable bonds is 1. The first-order valence-corrected chi connectivity index (χ1v) is 7.24. The van der Waals surface area contributed by atoms with Crippen molar-refractivity contribution in [1.29, 1.82) is 0 Å². The quantitative estimate of drug-likeness (QED) is 0.453. The van der Waals surface area contributed by atoms with Gasteiger partial charge in [-0.2, -0.15) is 0 Å². The summed E-state index contributed by atoms with van der Waals surface area (Å²) in [6.07, 6.45) is 2.10. The Labute approximate surface area is 105 Å². The Morgan fingerprint density at radius 1 is 1.46 bits per heavy atom. The highest BCUT2D eigenvalue weighted by Crippen LogP contribution is 2.39. The van der Waals surface area contributed by atoms with Gasteiger partial charge in [-0.25, -0.2) is 0 Å². The van der Waals surface area contributed by atoms with Crippen LogP contribution in [-0.2, 0) is 0 Å². The van der Waals surface area contributed by atoms with E-state index >= 15 is 0 Å². The van der Waals surface area contributed by atoms with E-state index in [2.05, 4.69) is 59.7 Å². The molecule has 1 aromatic heterocycles. The average Bonchev–Trinajstić information content (AvgIpc) is 2.39. The number of thiol groups is 1. The molecule has 0 fully saturated rings. The zero-order valence-corrected chi connectivity index (χ0v) is 11.6. The van der Waals surface area contributed by atoms with Crippen LogP contribution in [0, 0.1) is 3.57 Å². The molecule has 0 bridgehead atoms. The molecule has 13 heavy (non-hydrogen) atoms. The molecular weight excluding hydrogens is 331 g/mol. The molecule has 0 nitrogen and oxygen atoms in total. The smallest absolute Gasteiger partial charge is 0.0716 e. The Bertz CT molecular complexity index is 447. The number of thioether (sulfide) groups is 1. The van der Waals surface area contributed by atoms with E-state index < -0.39 is 0 Å². The van der Waals surface area contributed by atoms with Crippen LogP contribution in [0.15, 0.2) is 27.3 Å². The largest absolute Gasteiger partial charge is 0.132 e. The fourth-order valence-corrected chi connectivity index (χ4v) is 4.51. The lowest BCUT2D eigenvalue weighted by Gasteiger charge is -1.94. The highest BCUT2D eigenvalue weighted by molar-refractivity contribution is 14.1. The van der Waals surface area contributed by atoms with E-state index in [1.807, 2.05) is 0 Å². The molecule has 0 aliphatic heterocycles.